The quantitative estimate of drug-likeness (QED) is 0.930. The minimum absolute atomic E-state index is 0.132. The third-order valence-electron chi connectivity index (χ3n) is 6.80. The molecule has 23 heavy (non-hydrogen) atoms. The molecule has 4 fully saturated rings. The van der Waals surface area contributed by atoms with E-state index in [9.17, 15) is 5.11 Å². The molecule has 0 radical (unpaired) electrons. The Hall–Kier alpha value is -1.26. The van der Waals surface area contributed by atoms with Gasteiger partial charge in [-0.2, -0.15) is 0 Å². The summed E-state index contributed by atoms with van der Waals surface area (Å²) in [7, 11) is 5.61. The second-order valence-electron chi connectivity index (χ2n) is 7.53. The van der Waals surface area contributed by atoms with E-state index in [1.54, 1.807) is 14.2 Å². The smallest absolute Gasteiger partial charge is 0.161 e. The van der Waals surface area contributed by atoms with Crippen molar-refractivity contribution >= 4 is 0 Å². The van der Waals surface area contributed by atoms with E-state index in [0.717, 1.165) is 30.9 Å². The molecule has 2 bridgehead atoms. The summed E-state index contributed by atoms with van der Waals surface area (Å²) in [5.41, 5.74) is 1.53. The fraction of sp³-hybridized carbons (Fsp3) is 0.684. The van der Waals surface area contributed by atoms with E-state index in [0.29, 0.717) is 17.9 Å². The molecule has 4 nitrogen and oxygen atoms in total. The number of fused-ring (bicyclic) bond motifs is 2. The van der Waals surface area contributed by atoms with Crippen molar-refractivity contribution in [2.24, 2.45) is 11.8 Å². The summed E-state index contributed by atoms with van der Waals surface area (Å²) in [6, 6.07) is 6.89. The van der Waals surface area contributed by atoms with Crippen LogP contribution < -0.4 is 9.47 Å². The van der Waals surface area contributed by atoms with Crippen LogP contribution >= 0.6 is 0 Å². The standard InChI is InChI=1S/C19H27NO3/c1-20-9-8-19(12-4-6-14(18(19)20)15(21)10-12)13-5-7-16(22-2)17(11-13)23-3/h5,7,11-12,14-15,18,21H,4,6,8-10H2,1-3H3/t12-,14+,15+,18+,19-/m1/s1. The van der Waals surface area contributed by atoms with Gasteiger partial charge in [0.25, 0.3) is 0 Å². The van der Waals surface area contributed by atoms with Gasteiger partial charge in [-0.3, -0.25) is 0 Å². The van der Waals surface area contributed by atoms with Gasteiger partial charge in [-0.25, -0.2) is 0 Å². The van der Waals surface area contributed by atoms with Crippen molar-refractivity contribution < 1.29 is 14.6 Å². The highest BCUT2D eigenvalue weighted by Gasteiger charge is 2.61. The van der Waals surface area contributed by atoms with Gasteiger partial charge in [0.05, 0.1) is 20.3 Å². The van der Waals surface area contributed by atoms with Gasteiger partial charge in [0.15, 0.2) is 11.5 Å². The number of rotatable bonds is 3. The summed E-state index contributed by atoms with van der Waals surface area (Å²) in [5.74, 6) is 2.57. The number of likely N-dealkylation sites (tertiary alicyclic amines) is 1. The fourth-order valence-corrected chi connectivity index (χ4v) is 5.88. The number of benzene rings is 1. The van der Waals surface area contributed by atoms with Gasteiger partial charge in [-0.05, 0) is 62.9 Å². The highest BCUT2D eigenvalue weighted by atomic mass is 16.5. The summed E-state index contributed by atoms with van der Waals surface area (Å²) in [4.78, 5) is 2.48. The van der Waals surface area contributed by atoms with Crippen LogP contribution in [0.4, 0.5) is 0 Å². The summed E-state index contributed by atoms with van der Waals surface area (Å²) in [6.07, 6.45) is 4.39. The number of aliphatic hydroxyl groups excluding tert-OH is 1. The number of ether oxygens (including phenoxy) is 2. The Morgan fingerprint density at radius 2 is 1.96 bits per heavy atom. The molecule has 4 heteroatoms. The van der Waals surface area contributed by atoms with Gasteiger partial charge in [-0.15, -0.1) is 0 Å². The van der Waals surface area contributed by atoms with E-state index in [2.05, 4.69) is 24.1 Å². The van der Waals surface area contributed by atoms with Crippen molar-refractivity contribution in [3.8, 4) is 11.5 Å². The average Bonchev–Trinajstić information content (AvgIpc) is 2.95. The van der Waals surface area contributed by atoms with Crippen molar-refractivity contribution in [1.82, 2.24) is 4.90 Å². The molecular weight excluding hydrogens is 290 g/mol. The molecule has 1 aliphatic heterocycles. The minimum Gasteiger partial charge on any atom is -0.493 e. The van der Waals surface area contributed by atoms with E-state index in [4.69, 9.17) is 9.47 Å². The zero-order valence-electron chi connectivity index (χ0n) is 14.3. The lowest BCUT2D eigenvalue weighted by atomic mass is 9.50. The average molecular weight is 317 g/mol. The Morgan fingerprint density at radius 1 is 1.17 bits per heavy atom. The first kappa shape index (κ1) is 15.3. The zero-order chi connectivity index (χ0) is 16.2. The SMILES string of the molecule is COc1ccc([C@]23CCN(C)[C@H]2[C@H]2CC[C@@H]3C[C@@H]2O)cc1OC. The molecule has 1 aromatic rings. The minimum atomic E-state index is -0.132. The Balaban J connectivity index is 1.83. The van der Waals surface area contributed by atoms with E-state index >= 15 is 0 Å². The molecule has 1 heterocycles. The van der Waals surface area contributed by atoms with Crippen LogP contribution in [0.25, 0.3) is 0 Å². The molecule has 0 unspecified atom stereocenters. The van der Waals surface area contributed by atoms with Crippen LogP contribution in [0.3, 0.4) is 0 Å². The van der Waals surface area contributed by atoms with Crippen LogP contribution in [0.5, 0.6) is 11.5 Å². The van der Waals surface area contributed by atoms with Gasteiger partial charge in [0.2, 0.25) is 0 Å². The molecule has 1 saturated heterocycles. The van der Waals surface area contributed by atoms with Gasteiger partial charge >= 0.3 is 0 Å². The summed E-state index contributed by atoms with van der Waals surface area (Å²) < 4.78 is 11.0. The largest absolute Gasteiger partial charge is 0.493 e. The fourth-order valence-electron chi connectivity index (χ4n) is 5.88. The van der Waals surface area contributed by atoms with Crippen molar-refractivity contribution in [2.75, 3.05) is 27.8 Å². The van der Waals surface area contributed by atoms with Crippen LogP contribution in [0, 0.1) is 11.8 Å². The van der Waals surface area contributed by atoms with Gasteiger partial charge in [-0.1, -0.05) is 6.07 Å². The van der Waals surface area contributed by atoms with Crippen molar-refractivity contribution in [3.05, 3.63) is 23.8 Å². The van der Waals surface area contributed by atoms with Crippen LogP contribution in [0.2, 0.25) is 0 Å². The van der Waals surface area contributed by atoms with Crippen LogP contribution in [-0.4, -0.2) is 50.0 Å². The number of likely N-dealkylation sites (N-methyl/N-ethyl adjacent to an activating group) is 1. The third kappa shape index (κ3) is 1.97. The lowest BCUT2D eigenvalue weighted by Gasteiger charge is -2.57. The van der Waals surface area contributed by atoms with E-state index in [1.807, 2.05) is 6.07 Å². The number of aliphatic hydroxyl groups is 1. The second-order valence-corrected chi connectivity index (χ2v) is 7.53. The van der Waals surface area contributed by atoms with E-state index < -0.39 is 0 Å². The number of nitrogens with zero attached hydrogens (tertiary/aromatic N) is 1. The Kier molecular flexibility index (Phi) is 3.58. The van der Waals surface area contributed by atoms with Gasteiger partial charge in [0.1, 0.15) is 0 Å². The van der Waals surface area contributed by atoms with Gasteiger partial charge < -0.3 is 19.5 Å². The number of hydrogen-bond acceptors (Lipinski definition) is 4. The normalized spacial score (nSPS) is 39.3. The molecule has 0 aromatic heterocycles. The molecule has 1 aromatic carbocycles. The molecule has 3 saturated carbocycles. The predicted molar refractivity (Wildman–Crippen MR) is 89.1 cm³/mol. The topological polar surface area (TPSA) is 41.9 Å². The zero-order valence-corrected chi connectivity index (χ0v) is 14.3. The lowest BCUT2D eigenvalue weighted by Crippen LogP contribution is -2.61. The Labute approximate surface area is 138 Å². The highest BCUT2D eigenvalue weighted by Crippen LogP contribution is 2.60. The highest BCUT2D eigenvalue weighted by molar-refractivity contribution is 5.47. The first-order valence-electron chi connectivity index (χ1n) is 8.72. The summed E-state index contributed by atoms with van der Waals surface area (Å²) in [5, 5.41) is 10.5. The molecule has 126 valence electrons. The van der Waals surface area contributed by atoms with Crippen molar-refractivity contribution in [1.29, 1.82) is 0 Å². The van der Waals surface area contributed by atoms with Crippen LogP contribution in [-0.2, 0) is 5.41 Å². The van der Waals surface area contributed by atoms with E-state index in [1.165, 1.54) is 18.4 Å². The molecule has 3 aliphatic carbocycles. The summed E-state index contributed by atoms with van der Waals surface area (Å²) in [6.45, 7) is 1.11. The van der Waals surface area contributed by atoms with Gasteiger partial charge in [0, 0.05) is 17.4 Å². The van der Waals surface area contributed by atoms with Crippen molar-refractivity contribution in [2.45, 2.75) is 43.2 Å². The predicted octanol–water partition coefficient (Wildman–Crippen LogP) is 2.44. The molecule has 4 aliphatic rings. The second kappa shape index (κ2) is 5.38. The monoisotopic (exact) mass is 317 g/mol. The Bertz CT molecular complexity index is 604. The molecule has 5 atom stereocenters. The summed E-state index contributed by atoms with van der Waals surface area (Å²) >= 11 is 0. The molecular formula is C19H27NO3. The Morgan fingerprint density at radius 3 is 2.65 bits per heavy atom. The number of hydrogen-bond donors (Lipinski definition) is 1. The first-order chi connectivity index (χ1) is 11.1. The molecule has 0 amide bonds. The molecule has 5 rings (SSSR count). The van der Waals surface area contributed by atoms with Crippen molar-refractivity contribution in [3.63, 3.8) is 0 Å². The lowest BCUT2D eigenvalue weighted by molar-refractivity contribution is -0.0805. The first-order valence-corrected chi connectivity index (χ1v) is 8.72. The maximum atomic E-state index is 10.5. The molecule has 0 spiro atoms. The maximum Gasteiger partial charge on any atom is 0.161 e. The van der Waals surface area contributed by atoms with Crippen LogP contribution in [0.15, 0.2) is 18.2 Å². The van der Waals surface area contributed by atoms with Crippen LogP contribution in [0.1, 0.15) is 31.2 Å². The maximum absolute atomic E-state index is 10.5. The number of methoxy groups -OCH3 is 2. The molecule has 1 N–H and O–H groups in total. The third-order valence-corrected chi connectivity index (χ3v) is 6.80. The van der Waals surface area contributed by atoms with E-state index in [-0.39, 0.29) is 11.5 Å².